The summed E-state index contributed by atoms with van der Waals surface area (Å²) in [6, 6.07) is 3.78. The van der Waals surface area contributed by atoms with Crippen molar-refractivity contribution >= 4 is 5.91 Å². The SMILES string of the molecule is NC(=O)CCc1cn[nH]c1-c1ccncc1. The van der Waals surface area contributed by atoms with Crippen molar-refractivity contribution in [3.05, 3.63) is 36.3 Å². The Hall–Kier alpha value is -2.17. The number of primary amides is 1. The maximum Gasteiger partial charge on any atom is 0.217 e. The Bertz CT molecular complexity index is 478. The van der Waals surface area contributed by atoms with Crippen LogP contribution < -0.4 is 5.73 Å². The summed E-state index contributed by atoms with van der Waals surface area (Å²) in [5, 5.41) is 6.89. The molecule has 2 rings (SSSR count). The largest absolute Gasteiger partial charge is 0.370 e. The minimum atomic E-state index is -0.304. The van der Waals surface area contributed by atoms with E-state index in [2.05, 4.69) is 15.2 Å². The summed E-state index contributed by atoms with van der Waals surface area (Å²) in [7, 11) is 0. The van der Waals surface area contributed by atoms with Crippen molar-refractivity contribution in [3.63, 3.8) is 0 Å². The summed E-state index contributed by atoms with van der Waals surface area (Å²) in [5.74, 6) is -0.304. The number of pyridine rings is 1. The van der Waals surface area contributed by atoms with E-state index in [1.54, 1.807) is 18.6 Å². The van der Waals surface area contributed by atoms with E-state index in [4.69, 9.17) is 5.73 Å². The first kappa shape index (κ1) is 10.4. The molecule has 0 saturated carbocycles. The van der Waals surface area contributed by atoms with Crippen LogP contribution in [0.4, 0.5) is 0 Å². The van der Waals surface area contributed by atoms with Crippen LogP contribution in [0.1, 0.15) is 12.0 Å². The monoisotopic (exact) mass is 216 g/mol. The molecular weight excluding hydrogens is 204 g/mol. The summed E-state index contributed by atoms with van der Waals surface area (Å²) < 4.78 is 0. The zero-order valence-electron chi connectivity index (χ0n) is 8.68. The second-order valence-corrected chi connectivity index (χ2v) is 3.47. The van der Waals surface area contributed by atoms with Crippen LogP contribution in [0.3, 0.4) is 0 Å². The van der Waals surface area contributed by atoms with E-state index in [0.29, 0.717) is 12.8 Å². The predicted octanol–water partition coefficient (Wildman–Crippen LogP) is 0.890. The Morgan fingerprint density at radius 3 is 2.81 bits per heavy atom. The van der Waals surface area contributed by atoms with Gasteiger partial charge >= 0.3 is 0 Å². The van der Waals surface area contributed by atoms with Gasteiger partial charge in [-0.25, -0.2) is 0 Å². The van der Waals surface area contributed by atoms with Gasteiger partial charge in [0.25, 0.3) is 0 Å². The number of nitrogens with zero attached hydrogens (tertiary/aromatic N) is 2. The fourth-order valence-electron chi connectivity index (χ4n) is 1.53. The zero-order chi connectivity index (χ0) is 11.4. The van der Waals surface area contributed by atoms with Gasteiger partial charge in [0.05, 0.1) is 11.9 Å². The number of rotatable bonds is 4. The zero-order valence-corrected chi connectivity index (χ0v) is 8.68. The molecule has 5 nitrogen and oxygen atoms in total. The first-order chi connectivity index (χ1) is 7.77. The number of nitrogens with two attached hydrogens (primary N) is 1. The van der Waals surface area contributed by atoms with Gasteiger partial charge in [0.15, 0.2) is 0 Å². The Morgan fingerprint density at radius 2 is 2.12 bits per heavy atom. The van der Waals surface area contributed by atoms with Crippen LogP contribution in [0.5, 0.6) is 0 Å². The van der Waals surface area contributed by atoms with Gasteiger partial charge in [-0.1, -0.05) is 0 Å². The Morgan fingerprint density at radius 1 is 1.38 bits per heavy atom. The van der Waals surface area contributed by atoms with Crippen LogP contribution >= 0.6 is 0 Å². The molecule has 5 heteroatoms. The third kappa shape index (κ3) is 2.25. The Kier molecular flexibility index (Phi) is 2.95. The number of aryl methyl sites for hydroxylation is 1. The smallest absolute Gasteiger partial charge is 0.217 e. The second kappa shape index (κ2) is 4.57. The van der Waals surface area contributed by atoms with Gasteiger partial charge in [0.1, 0.15) is 0 Å². The number of H-pyrrole nitrogens is 1. The molecule has 0 bridgehead atoms. The lowest BCUT2D eigenvalue weighted by Gasteiger charge is -2.01. The van der Waals surface area contributed by atoms with Crippen molar-refractivity contribution in [1.29, 1.82) is 0 Å². The molecule has 0 saturated heterocycles. The standard InChI is InChI=1S/C11H12N4O/c12-10(16)2-1-9-7-14-15-11(9)8-3-5-13-6-4-8/h3-7H,1-2H2,(H2,12,16)(H,14,15). The number of hydrogen-bond acceptors (Lipinski definition) is 3. The van der Waals surface area contributed by atoms with Gasteiger partial charge in [0.2, 0.25) is 5.91 Å². The minimum Gasteiger partial charge on any atom is -0.370 e. The molecule has 2 aromatic heterocycles. The Labute approximate surface area is 92.7 Å². The molecule has 0 unspecified atom stereocenters. The van der Waals surface area contributed by atoms with Gasteiger partial charge in [-0.2, -0.15) is 5.10 Å². The lowest BCUT2D eigenvalue weighted by atomic mass is 10.1. The third-order valence-corrected chi connectivity index (χ3v) is 2.33. The number of carbonyl (C=O) groups excluding carboxylic acids is 1. The summed E-state index contributed by atoms with van der Waals surface area (Å²) in [5.41, 5.74) is 8.04. The number of amides is 1. The van der Waals surface area contributed by atoms with Crippen molar-refractivity contribution < 1.29 is 4.79 Å². The highest BCUT2D eigenvalue weighted by molar-refractivity contribution is 5.74. The average Bonchev–Trinajstić information content (AvgIpc) is 2.75. The van der Waals surface area contributed by atoms with E-state index in [-0.39, 0.29) is 5.91 Å². The van der Waals surface area contributed by atoms with E-state index >= 15 is 0 Å². The fraction of sp³-hybridized carbons (Fsp3) is 0.182. The van der Waals surface area contributed by atoms with Crippen LogP contribution in [0.15, 0.2) is 30.7 Å². The Balaban J connectivity index is 2.23. The van der Waals surface area contributed by atoms with E-state index in [9.17, 15) is 4.79 Å². The molecule has 82 valence electrons. The van der Waals surface area contributed by atoms with Crippen molar-refractivity contribution in [2.24, 2.45) is 5.73 Å². The molecule has 2 aromatic rings. The highest BCUT2D eigenvalue weighted by atomic mass is 16.1. The minimum absolute atomic E-state index is 0.304. The molecule has 1 amide bonds. The maximum absolute atomic E-state index is 10.7. The van der Waals surface area contributed by atoms with Gasteiger partial charge in [0, 0.05) is 24.4 Å². The lowest BCUT2D eigenvalue weighted by molar-refractivity contribution is -0.117. The summed E-state index contributed by atoms with van der Waals surface area (Å²) in [4.78, 5) is 14.7. The lowest BCUT2D eigenvalue weighted by Crippen LogP contribution is -2.11. The third-order valence-electron chi connectivity index (χ3n) is 2.33. The van der Waals surface area contributed by atoms with Crippen molar-refractivity contribution in [1.82, 2.24) is 15.2 Å². The predicted molar refractivity (Wildman–Crippen MR) is 59.3 cm³/mol. The van der Waals surface area contributed by atoms with Crippen molar-refractivity contribution in [2.45, 2.75) is 12.8 Å². The molecule has 0 aliphatic carbocycles. The van der Waals surface area contributed by atoms with Crippen LogP contribution in [-0.2, 0) is 11.2 Å². The van der Waals surface area contributed by atoms with Gasteiger partial charge < -0.3 is 5.73 Å². The molecule has 0 atom stereocenters. The van der Waals surface area contributed by atoms with Gasteiger partial charge in [-0.05, 0) is 24.1 Å². The highest BCUT2D eigenvalue weighted by Crippen LogP contribution is 2.20. The van der Waals surface area contributed by atoms with Gasteiger partial charge in [-0.15, -0.1) is 0 Å². The quantitative estimate of drug-likeness (QED) is 0.795. The molecule has 2 heterocycles. The molecule has 0 aliphatic heterocycles. The van der Waals surface area contributed by atoms with Crippen LogP contribution in [0.25, 0.3) is 11.3 Å². The van der Waals surface area contributed by atoms with E-state index in [0.717, 1.165) is 16.8 Å². The molecule has 3 N–H and O–H groups in total. The number of carbonyl (C=O) groups is 1. The van der Waals surface area contributed by atoms with E-state index < -0.39 is 0 Å². The molecule has 0 fully saturated rings. The summed E-state index contributed by atoms with van der Waals surface area (Å²) in [6.07, 6.45) is 6.09. The number of aromatic amines is 1. The summed E-state index contributed by atoms with van der Waals surface area (Å²) >= 11 is 0. The van der Waals surface area contributed by atoms with Crippen molar-refractivity contribution in [3.8, 4) is 11.3 Å². The first-order valence-electron chi connectivity index (χ1n) is 4.98. The van der Waals surface area contributed by atoms with Crippen LogP contribution in [0.2, 0.25) is 0 Å². The van der Waals surface area contributed by atoms with Crippen molar-refractivity contribution in [2.75, 3.05) is 0 Å². The normalized spacial score (nSPS) is 10.2. The summed E-state index contributed by atoms with van der Waals surface area (Å²) in [6.45, 7) is 0. The molecule has 16 heavy (non-hydrogen) atoms. The molecule has 0 aromatic carbocycles. The van der Waals surface area contributed by atoms with Gasteiger partial charge in [-0.3, -0.25) is 14.9 Å². The topological polar surface area (TPSA) is 84.7 Å². The second-order valence-electron chi connectivity index (χ2n) is 3.47. The first-order valence-corrected chi connectivity index (χ1v) is 4.98. The van der Waals surface area contributed by atoms with Crippen LogP contribution in [0, 0.1) is 0 Å². The van der Waals surface area contributed by atoms with Crippen LogP contribution in [-0.4, -0.2) is 21.1 Å². The highest BCUT2D eigenvalue weighted by Gasteiger charge is 2.08. The van der Waals surface area contributed by atoms with E-state index in [1.807, 2.05) is 12.1 Å². The molecule has 0 spiro atoms. The molecule has 0 radical (unpaired) electrons. The number of hydrogen-bond donors (Lipinski definition) is 2. The van der Waals surface area contributed by atoms with E-state index in [1.165, 1.54) is 0 Å². The average molecular weight is 216 g/mol. The maximum atomic E-state index is 10.7. The fourth-order valence-corrected chi connectivity index (χ4v) is 1.53. The molecular formula is C11H12N4O. The number of nitrogens with one attached hydrogen (secondary N) is 1. The molecule has 0 aliphatic rings. The number of aromatic nitrogens is 3.